The Labute approximate surface area is 109 Å². The fourth-order valence-electron chi connectivity index (χ4n) is 1.21. The molecule has 0 aliphatic carbocycles. The first-order valence-corrected chi connectivity index (χ1v) is 6.50. The molecule has 5 nitrogen and oxygen atoms in total. The van der Waals surface area contributed by atoms with Crippen molar-refractivity contribution < 1.29 is 23.8 Å². The highest BCUT2D eigenvalue weighted by Gasteiger charge is 2.23. The zero-order chi connectivity index (χ0) is 13.8. The molecule has 0 fully saturated rings. The molecule has 1 atom stereocenters. The first-order valence-electron chi connectivity index (χ1n) is 6.50. The van der Waals surface area contributed by atoms with E-state index in [-0.39, 0.29) is 6.42 Å². The topological polar surface area (TPSA) is 61.8 Å². The Bertz CT molecular complexity index is 240. The van der Waals surface area contributed by atoms with E-state index in [0.717, 1.165) is 25.7 Å². The maximum atomic E-state index is 11.6. The molecule has 0 bridgehead atoms. The minimum atomic E-state index is -0.865. The highest BCUT2D eigenvalue weighted by Crippen LogP contribution is 2.04. The van der Waals surface area contributed by atoms with E-state index < -0.39 is 18.0 Å². The molecule has 0 amide bonds. The lowest BCUT2D eigenvalue weighted by Crippen LogP contribution is -2.29. The molecule has 0 saturated heterocycles. The van der Waals surface area contributed by atoms with Crippen molar-refractivity contribution in [1.29, 1.82) is 0 Å². The van der Waals surface area contributed by atoms with Crippen molar-refractivity contribution in [3.63, 3.8) is 0 Å². The van der Waals surface area contributed by atoms with E-state index in [1.54, 1.807) is 0 Å². The van der Waals surface area contributed by atoms with Crippen LogP contribution in [0.1, 0.15) is 46.0 Å². The van der Waals surface area contributed by atoms with Gasteiger partial charge in [-0.25, -0.2) is 4.79 Å². The maximum absolute atomic E-state index is 11.6. The average molecular weight is 260 g/mol. The van der Waals surface area contributed by atoms with E-state index in [2.05, 4.69) is 0 Å². The van der Waals surface area contributed by atoms with Crippen LogP contribution in [0.15, 0.2) is 0 Å². The fraction of sp³-hybridized carbons (Fsp3) is 0.846. The predicted molar refractivity (Wildman–Crippen MR) is 67.1 cm³/mol. The van der Waals surface area contributed by atoms with E-state index in [1.165, 1.54) is 7.11 Å². The van der Waals surface area contributed by atoms with Crippen LogP contribution in [0.5, 0.6) is 0 Å². The Morgan fingerprint density at radius 3 is 2.06 bits per heavy atom. The molecule has 0 aromatic rings. The molecule has 0 N–H and O–H groups in total. The fourth-order valence-corrected chi connectivity index (χ4v) is 1.21. The summed E-state index contributed by atoms with van der Waals surface area (Å²) in [6.45, 7) is 4.76. The largest absolute Gasteiger partial charge is 0.466 e. The second kappa shape index (κ2) is 11.0. The number of methoxy groups -OCH3 is 1. The number of hydrogen-bond donors (Lipinski definition) is 0. The molecule has 0 radical (unpaired) electrons. The molecule has 0 aliphatic rings. The molecule has 0 aliphatic heterocycles. The molecule has 5 heteroatoms. The minimum absolute atomic E-state index is 0.0921. The van der Waals surface area contributed by atoms with E-state index in [9.17, 15) is 9.59 Å². The Hall–Kier alpha value is -1.10. The van der Waals surface area contributed by atoms with Gasteiger partial charge in [-0.3, -0.25) is 4.79 Å². The SMILES string of the molecule is CCCCOC(=O)CC(OC)C(=O)OCCCC. The zero-order valence-corrected chi connectivity index (χ0v) is 11.6. The second-order valence-corrected chi connectivity index (χ2v) is 4.02. The summed E-state index contributed by atoms with van der Waals surface area (Å²) >= 11 is 0. The maximum Gasteiger partial charge on any atom is 0.335 e. The molecule has 106 valence electrons. The summed E-state index contributed by atoms with van der Waals surface area (Å²) in [6.07, 6.45) is 2.58. The van der Waals surface area contributed by atoms with Gasteiger partial charge in [0.05, 0.1) is 19.6 Å². The quantitative estimate of drug-likeness (QED) is 0.444. The first kappa shape index (κ1) is 16.9. The van der Waals surface area contributed by atoms with Gasteiger partial charge in [0.25, 0.3) is 0 Å². The van der Waals surface area contributed by atoms with Crippen LogP contribution in [0.25, 0.3) is 0 Å². The summed E-state index contributed by atoms with van der Waals surface area (Å²) in [5.74, 6) is -0.930. The van der Waals surface area contributed by atoms with Gasteiger partial charge in [0, 0.05) is 7.11 Å². The van der Waals surface area contributed by atoms with Crippen molar-refractivity contribution in [1.82, 2.24) is 0 Å². The van der Waals surface area contributed by atoms with E-state index in [1.807, 2.05) is 13.8 Å². The van der Waals surface area contributed by atoms with Crippen molar-refractivity contribution in [3.05, 3.63) is 0 Å². The summed E-state index contributed by atoms with van der Waals surface area (Å²) in [6, 6.07) is 0. The van der Waals surface area contributed by atoms with E-state index in [0.29, 0.717) is 13.2 Å². The molecule has 18 heavy (non-hydrogen) atoms. The smallest absolute Gasteiger partial charge is 0.335 e. The van der Waals surface area contributed by atoms with Gasteiger partial charge < -0.3 is 14.2 Å². The molecular formula is C13H24O5. The van der Waals surface area contributed by atoms with Crippen molar-refractivity contribution in [3.8, 4) is 0 Å². The normalized spacial score (nSPS) is 11.9. The van der Waals surface area contributed by atoms with Crippen molar-refractivity contribution in [2.45, 2.75) is 52.1 Å². The van der Waals surface area contributed by atoms with Crippen LogP contribution in [0.3, 0.4) is 0 Å². The van der Waals surface area contributed by atoms with Crippen LogP contribution in [0.2, 0.25) is 0 Å². The van der Waals surface area contributed by atoms with Crippen LogP contribution in [-0.4, -0.2) is 38.4 Å². The van der Waals surface area contributed by atoms with Crippen LogP contribution in [0, 0.1) is 0 Å². The third-order valence-corrected chi connectivity index (χ3v) is 2.40. The first-order chi connectivity index (χ1) is 8.65. The van der Waals surface area contributed by atoms with Gasteiger partial charge in [0.1, 0.15) is 0 Å². The van der Waals surface area contributed by atoms with Crippen molar-refractivity contribution in [2.75, 3.05) is 20.3 Å². The van der Waals surface area contributed by atoms with Crippen LogP contribution in [-0.2, 0) is 23.8 Å². The summed E-state index contributed by atoms with van der Waals surface area (Å²) in [5.41, 5.74) is 0. The Morgan fingerprint density at radius 2 is 1.56 bits per heavy atom. The van der Waals surface area contributed by atoms with Gasteiger partial charge in [-0.2, -0.15) is 0 Å². The van der Waals surface area contributed by atoms with E-state index >= 15 is 0 Å². The molecule has 0 aromatic heterocycles. The number of unbranched alkanes of at least 4 members (excludes halogenated alkanes) is 2. The van der Waals surface area contributed by atoms with Crippen molar-refractivity contribution in [2.24, 2.45) is 0 Å². The Balaban J connectivity index is 3.93. The van der Waals surface area contributed by atoms with Crippen LogP contribution >= 0.6 is 0 Å². The lowest BCUT2D eigenvalue weighted by atomic mass is 10.2. The predicted octanol–water partition coefficient (Wildman–Crippen LogP) is 2.08. The summed E-state index contributed by atoms with van der Waals surface area (Å²) in [4.78, 5) is 23.0. The average Bonchev–Trinajstić information content (AvgIpc) is 2.36. The number of carbonyl (C=O) groups is 2. The lowest BCUT2D eigenvalue weighted by Gasteiger charge is -2.13. The second-order valence-electron chi connectivity index (χ2n) is 4.02. The summed E-state index contributed by atoms with van der Waals surface area (Å²) in [7, 11) is 1.38. The van der Waals surface area contributed by atoms with Gasteiger partial charge in [0.2, 0.25) is 0 Å². The number of esters is 2. The number of hydrogen-bond acceptors (Lipinski definition) is 5. The molecule has 0 rings (SSSR count). The Kier molecular flexibility index (Phi) is 10.3. The standard InChI is InChI=1S/C13H24O5/c1-4-6-8-17-12(14)10-11(16-3)13(15)18-9-7-5-2/h11H,4-10H2,1-3H3. The summed E-state index contributed by atoms with van der Waals surface area (Å²) < 4.78 is 14.9. The molecular weight excluding hydrogens is 236 g/mol. The zero-order valence-electron chi connectivity index (χ0n) is 11.6. The third-order valence-electron chi connectivity index (χ3n) is 2.40. The Morgan fingerprint density at radius 1 is 1.00 bits per heavy atom. The molecule has 0 spiro atoms. The van der Waals surface area contributed by atoms with Gasteiger partial charge in [-0.1, -0.05) is 26.7 Å². The monoisotopic (exact) mass is 260 g/mol. The van der Waals surface area contributed by atoms with Gasteiger partial charge in [-0.15, -0.1) is 0 Å². The molecule has 0 heterocycles. The van der Waals surface area contributed by atoms with Gasteiger partial charge in [0.15, 0.2) is 6.10 Å². The van der Waals surface area contributed by atoms with Crippen molar-refractivity contribution >= 4 is 11.9 Å². The van der Waals surface area contributed by atoms with Crippen LogP contribution < -0.4 is 0 Å². The minimum Gasteiger partial charge on any atom is -0.466 e. The number of rotatable bonds is 10. The lowest BCUT2D eigenvalue weighted by molar-refractivity contribution is -0.162. The highest BCUT2D eigenvalue weighted by molar-refractivity contribution is 5.81. The number of ether oxygens (including phenoxy) is 3. The number of carbonyl (C=O) groups excluding carboxylic acids is 2. The van der Waals surface area contributed by atoms with Gasteiger partial charge in [-0.05, 0) is 12.8 Å². The molecule has 1 unspecified atom stereocenters. The third kappa shape index (κ3) is 8.06. The molecule has 0 aromatic carbocycles. The summed E-state index contributed by atoms with van der Waals surface area (Å²) in [5, 5.41) is 0. The van der Waals surface area contributed by atoms with Gasteiger partial charge >= 0.3 is 11.9 Å². The molecule has 0 saturated carbocycles. The van der Waals surface area contributed by atoms with E-state index in [4.69, 9.17) is 14.2 Å². The highest BCUT2D eigenvalue weighted by atomic mass is 16.6. The van der Waals surface area contributed by atoms with Crippen LogP contribution in [0.4, 0.5) is 0 Å².